The number of amides is 1. The number of carbonyl (C=O) groups is 1. The number of aromatic nitrogens is 2. The number of β-amino-alcohol motifs (C(OH)–C–C–N with tert-alkyl or cyclic N) is 1. The fraction of sp³-hybridized carbons (Fsp3) is 0.643. The molecule has 0 saturated carbocycles. The van der Waals surface area contributed by atoms with Crippen LogP contribution in [0.25, 0.3) is 0 Å². The topological polar surface area (TPSA) is 92.3 Å². The minimum atomic E-state index is -0.808. The molecule has 0 aromatic carbocycles. The Hall–Kier alpha value is -1.69. The molecule has 6 nitrogen and oxygen atoms in total. The Bertz CT molecular complexity index is 519. The van der Waals surface area contributed by atoms with Crippen molar-refractivity contribution in [3.05, 3.63) is 17.0 Å². The summed E-state index contributed by atoms with van der Waals surface area (Å²) in [5.74, 6) is 0.305. The lowest BCUT2D eigenvalue weighted by molar-refractivity contribution is -0.130. The molecular weight excluding hydrogens is 256 g/mol. The molecule has 0 unspecified atom stereocenters. The lowest BCUT2D eigenvalue weighted by atomic mass is 9.95. The van der Waals surface area contributed by atoms with Crippen LogP contribution in [0.1, 0.15) is 30.8 Å². The molecule has 1 aliphatic heterocycles. The van der Waals surface area contributed by atoms with Gasteiger partial charge in [0.15, 0.2) is 0 Å². The monoisotopic (exact) mass is 278 g/mol. The first kappa shape index (κ1) is 14.7. The zero-order valence-corrected chi connectivity index (χ0v) is 12.5. The quantitative estimate of drug-likeness (QED) is 0.819. The van der Waals surface area contributed by atoms with Crippen LogP contribution in [0.4, 0.5) is 5.95 Å². The van der Waals surface area contributed by atoms with Crippen molar-refractivity contribution in [3.8, 4) is 0 Å². The van der Waals surface area contributed by atoms with Crippen LogP contribution in [0, 0.1) is 19.8 Å². The maximum absolute atomic E-state index is 12.4. The Kier molecular flexibility index (Phi) is 3.69. The van der Waals surface area contributed by atoms with Crippen LogP contribution >= 0.6 is 0 Å². The molecule has 20 heavy (non-hydrogen) atoms. The predicted octanol–water partition coefficient (Wildman–Crippen LogP) is 0.447. The van der Waals surface area contributed by atoms with E-state index in [2.05, 4.69) is 9.97 Å². The highest BCUT2D eigenvalue weighted by Crippen LogP contribution is 2.27. The molecule has 1 amide bonds. The van der Waals surface area contributed by atoms with Crippen molar-refractivity contribution in [1.29, 1.82) is 0 Å². The maximum atomic E-state index is 12.4. The van der Waals surface area contributed by atoms with Crippen LogP contribution < -0.4 is 5.73 Å². The Morgan fingerprint density at radius 3 is 2.45 bits per heavy atom. The first-order valence-corrected chi connectivity index (χ1v) is 6.80. The summed E-state index contributed by atoms with van der Waals surface area (Å²) in [5.41, 5.74) is 7.08. The fourth-order valence-electron chi connectivity index (χ4n) is 2.61. The van der Waals surface area contributed by atoms with Gasteiger partial charge in [-0.2, -0.15) is 0 Å². The summed E-state index contributed by atoms with van der Waals surface area (Å²) in [5, 5.41) is 10.2. The van der Waals surface area contributed by atoms with Crippen LogP contribution in [0.2, 0.25) is 0 Å². The molecule has 0 radical (unpaired) electrons. The SMILES string of the molecule is Cc1nc(N)nc(C)c1CC(=O)N1C[C@H](C)[C@](C)(O)C1. The van der Waals surface area contributed by atoms with Gasteiger partial charge in [0, 0.05) is 36.0 Å². The molecule has 1 aliphatic rings. The number of anilines is 1. The summed E-state index contributed by atoms with van der Waals surface area (Å²) in [6, 6.07) is 0. The average Bonchev–Trinajstić information content (AvgIpc) is 2.58. The Morgan fingerprint density at radius 2 is 2.00 bits per heavy atom. The van der Waals surface area contributed by atoms with Crippen molar-refractivity contribution in [2.24, 2.45) is 5.92 Å². The lowest BCUT2D eigenvalue weighted by Gasteiger charge is -2.21. The van der Waals surface area contributed by atoms with E-state index in [9.17, 15) is 9.90 Å². The summed E-state index contributed by atoms with van der Waals surface area (Å²) in [4.78, 5) is 22.3. The van der Waals surface area contributed by atoms with E-state index in [1.165, 1.54) is 0 Å². The number of nitrogens with zero attached hydrogens (tertiary/aromatic N) is 3. The van der Waals surface area contributed by atoms with Gasteiger partial charge in [0.1, 0.15) is 0 Å². The predicted molar refractivity (Wildman–Crippen MR) is 76.0 cm³/mol. The average molecular weight is 278 g/mol. The van der Waals surface area contributed by atoms with Crippen LogP contribution in [0.15, 0.2) is 0 Å². The van der Waals surface area contributed by atoms with Crippen molar-refractivity contribution in [2.75, 3.05) is 18.8 Å². The van der Waals surface area contributed by atoms with Crippen molar-refractivity contribution in [1.82, 2.24) is 14.9 Å². The third-order valence-electron chi connectivity index (χ3n) is 4.19. The smallest absolute Gasteiger partial charge is 0.227 e. The van der Waals surface area contributed by atoms with Gasteiger partial charge in [-0.15, -0.1) is 0 Å². The highest BCUT2D eigenvalue weighted by Gasteiger charge is 2.40. The van der Waals surface area contributed by atoms with Gasteiger partial charge < -0.3 is 15.7 Å². The summed E-state index contributed by atoms with van der Waals surface area (Å²) in [7, 11) is 0. The van der Waals surface area contributed by atoms with Crippen LogP contribution in [0.5, 0.6) is 0 Å². The molecule has 2 rings (SSSR count). The number of aryl methyl sites for hydroxylation is 2. The van der Waals surface area contributed by atoms with Gasteiger partial charge >= 0.3 is 0 Å². The molecule has 6 heteroatoms. The van der Waals surface area contributed by atoms with Crippen molar-refractivity contribution < 1.29 is 9.90 Å². The molecule has 3 N–H and O–H groups in total. The summed E-state index contributed by atoms with van der Waals surface area (Å²) in [6.07, 6.45) is 0.251. The molecule has 110 valence electrons. The highest BCUT2D eigenvalue weighted by molar-refractivity contribution is 5.79. The normalized spacial score (nSPS) is 26.1. The number of likely N-dealkylation sites (tertiary alicyclic amines) is 1. The van der Waals surface area contributed by atoms with E-state index in [0.29, 0.717) is 13.1 Å². The van der Waals surface area contributed by atoms with E-state index in [4.69, 9.17) is 5.73 Å². The minimum absolute atomic E-state index is 0.00537. The molecule has 1 aromatic rings. The third-order valence-corrected chi connectivity index (χ3v) is 4.19. The highest BCUT2D eigenvalue weighted by atomic mass is 16.3. The Labute approximate surface area is 119 Å². The van der Waals surface area contributed by atoms with Crippen LogP contribution in [0.3, 0.4) is 0 Å². The van der Waals surface area contributed by atoms with Crippen LogP contribution in [-0.4, -0.2) is 44.6 Å². The molecule has 1 fully saturated rings. The Morgan fingerprint density at radius 1 is 1.45 bits per heavy atom. The van der Waals surface area contributed by atoms with Gasteiger partial charge in [-0.05, 0) is 20.8 Å². The summed E-state index contributed by atoms with van der Waals surface area (Å²) in [6.45, 7) is 8.34. The van der Waals surface area contributed by atoms with Crippen molar-refractivity contribution in [2.45, 2.75) is 39.7 Å². The van der Waals surface area contributed by atoms with Gasteiger partial charge in [0.05, 0.1) is 12.0 Å². The van der Waals surface area contributed by atoms with Crippen molar-refractivity contribution in [3.63, 3.8) is 0 Å². The summed E-state index contributed by atoms with van der Waals surface area (Å²) >= 11 is 0. The maximum Gasteiger partial charge on any atom is 0.227 e. The molecule has 1 saturated heterocycles. The van der Waals surface area contributed by atoms with Crippen molar-refractivity contribution >= 4 is 11.9 Å². The molecule has 0 bridgehead atoms. The van der Waals surface area contributed by atoms with E-state index in [1.807, 2.05) is 20.8 Å². The van der Waals surface area contributed by atoms with E-state index >= 15 is 0 Å². The number of rotatable bonds is 2. The molecule has 0 spiro atoms. The fourth-order valence-corrected chi connectivity index (χ4v) is 2.61. The van der Waals surface area contributed by atoms with Crippen LogP contribution in [-0.2, 0) is 11.2 Å². The second-order valence-corrected chi connectivity index (χ2v) is 5.94. The number of hydrogen-bond acceptors (Lipinski definition) is 5. The van der Waals surface area contributed by atoms with E-state index in [0.717, 1.165) is 17.0 Å². The zero-order chi connectivity index (χ0) is 15.1. The standard InChI is InChI=1S/C14H22N4O2/c1-8-6-18(7-14(8,4)20)12(19)5-11-9(2)16-13(15)17-10(11)3/h8,20H,5-7H2,1-4H3,(H2,15,16,17)/t8-,14+/m0/s1. The summed E-state index contributed by atoms with van der Waals surface area (Å²) < 4.78 is 0. The minimum Gasteiger partial charge on any atom is -0.388 e. The van der Waals surface area contributed by atoms with Gasteiger partial charge in [-0.25, -0.2) is 9.97 Å². The zero-order valence-electron chi connectivity index (χ0n) is 12.5. The first-order chi connectivity index (χ1) is 9.20. The number of aliphatic hydroxyl groups is 1. The van der Waals surface area contributed by atoms with Gasteiger partial charge in [-0.1, -0.05) is 6.92 Å². The lowest BCUT2D eigenvalue weighted by Crippen LogP contribution is -2.36. The first-order valence-electron chi connectivity index (χ1n) is 6.80. The number of nitrogens with two attached hydrogens (primary N) is 1. The second kappa shape index (κ2) is 5.01. The molecule has 2 heterocycles. The molecule has 2 atom stereocenters. The van der Waals surface area contributed by atoms with Gasteiger partial charge in [0.2, 0.25) is 11.9 Å². The third kappa shape index (κ3) is 2.75. The van der Waals surface area contributed by atoms with Gasteiger partial charge in [-0.3, -0.25) is 4.79 Å². The molecular formula is C14H22N4O2. The van der Waals surface area contributed by atoms with E-state index in [-0.39, 0.29) is 24.2 Å². The largest absolute Gasteiger partial charge is 0.388 e. The Balaban J connectivity index is 2.14. The van der Waals surface area contributed by atoms with E-state index < -0.39 is 5.60 Å². The number of hydrogen-bond donors (Lipinski definition) is 2. The number of carbonyl (C=O) groups excluding carboxylic acids is 1. The molecule has 0 aliphatic carbocycles. The molecule has 1 aromatic heterocycles. The van der Waals surface area contributed by atoms with E-state index in [1.54, 1.807) is 11.8 Å². The second-order valence-electron chi connectivity index (χ2n) is 5.94. The number of nitrogen functional groups attached to an aromatic ring is 1. The van der Waals surface area contributed by atoms with Gasteiger partial charge in [0.25, 0.3) is 0 Å².